The Labute approximate surface area is 98.4 Å². The molecule has 1 unspecified atom stereocenters. The van der Waals surface area contributed by atoms with E-state index >= 15 is 0 Å². The van der Waals surface area contributed by atoms with E-state index in [1.54, 1.807) is 6.92 Å². The minimum Gasteiger partial charge on any atom is -0.464 e. The molecule has 0 aromatic heterocycles. The highest BCUT2D eigenvalue weighted by atomic mass is 35.5. The van der Waals surface area contributed by atoms with Crippen molar-refractivity contribution in [3.05, 3.63) is 34.9 Å². The molecule has 1 aromatic rings. The fraction of sp³-hybridized carbons (Fsp3) is 0.364. The maximum absolute atomic E-state index is 11.5. The molecular weight excluding hydrogens is 232 g/mol. The van der Waals surface area contributed by atoms with Crippen molar-refractivity contribution in [2.45, 2.75) is 12.5 Å². The van der Waals surface area contributed by atoms with E-state index in [1.807, 2.05) is 0 Å². The number of aliphatic hydroxyl groups is 2. The second-order valence-electron chi connectivity index (χ2n) is 3.25. The van der Waals surface area contributed by atoms with Crippen molar-refractivity contribution in [3.63, 3.8) is 0 Å². The number of aliphatic hydroxyl groups excluding tert-OH is 1. The molecule has 0 aliphatic heterocycles. The molecule has 88 valence electrons. The van der Waals surface area contributed by atoms with Crippen LogP contribution in [0.1, 0.15) is 12.5 Å². The number of hydrogen-bond acceptors (Lipinski definition) is 4. The van der Waals surface area contributed by atoms with Crippen molar-refractivity contribution >= 4 is 17.6 Å². The summed E-state index contributed by atoms with van der Waals surface area (Å²) in [4.78, 5) is 11.5. The Morgan fingerprint density at radius 3 is 2.44 bits per heavy atom. The van der Waals surface area contributed by atoms with Crippen molar-refractivity contribution in [1.82, 2.24) is 0 Å². The monoisotopic (exact) mass is 244 g/mol. The first kappa shape index (κ1) is 13.0. The van der Waals surface area contributed by atoms with E-state index in [9.17, 15) is 9.90 Å². The van der Waals surface area contributed by atoms with Crippen molar-refractivity contribution < 1.29 is 19.7 Å². The molecule has 0 aliphatic rings. The van der Waals surface area contributed by atoms with Crippen LogP contribution in [0.4, 0.5) is 0 Å². The Morgan fingerprint density at radius 1 is 1.44 bits per heavy atom. The van der Waals surface area contributed by atoms with Crippen molar-refractivity contribution in [2.24, 2.45) is 0 Å². The van der Waals surface area contributed by atoms with Crippen LogP contribution in [0.25, 0.3) is 0 Å². The van der Waals surface area contributed by atoms with E-state index in [4.69, 9.17) is 21.4 Å². The van der Waals surface area contributed by atoms with Gasteiger partial charge in [-0.15, -0.1) is 0 Å². The summed E-state index contributed by atoms with van der Waals surface area (Å²) < 4.78 is 4.70. The van der Waals surface area contributed by atoms with Gasteiger partial charge in [0.2, 0.25) is 5.60 Å². The molecule has 0 saturated heterocycles. The molecule has 4 nitrogen and oxygen atoms in total. The van der Waals surface area contributed by atoms with Crippen LogP contribution in [-0.4, -0.2) is 29.4 Å². The summed E-state index contributed by atoms with van der Waals surface area (Å²) in [6.07, 6.45) is 0. The summed E-state index contributed by atoms with van der Waals surface area (Å²) in [6, 6.07) is 5.98. The zero-order chi connectivity index (χ0) is 12.2. The highest BCUT2D eigenvalue weighted by Crippen LogP contribution is 2.24. The fourth-order valence-corrected chi connectivity index (χ4v) is 1.38. The summed E-state index contributed by atoms with van der Waals surface area (Å²) in [7, 11) is 0. The van der Waals surface area contributed by atoms with Crippen LogP contribution in [0.15, 0.2) is 24.3 Å². The number of halogens is 1. The molecule has 0 heterocycles. The average Bonchev–Trinajstić information content (AvgIpc) is 2.29. The second kappa shape index (κ2) is 5.30. The van der Waals surface area contributed by atoms with E-state index < -0.39 is 18.2 Å². The normalized spacial score (nSPS) is 14.2. The zero-order valence-corrected chi connectivity index (χ0v) is 9.57. The third kappa shape index (κ3) is 2.52. The molecule has 2 N–H and O–H groups in total. The van der Waals surface area contributed by atoms with Gasteiger partial charge in [0.05, 0.1) is 13.2 Å². The molecule has 0 bridgehead atoms. The lowest BCUT2D eigenvalue weighted by atomic mass is 9.95. The van der Waals surface area contributed by atoms with Crippen molar-refractivity contribution in [3.8, 4) is 0 Å². The highest BCUT2D eigenvalue weighted by Gasteiger charge is 2.38. The number of hydrogen-bond donors (Lipinski definition) is 2. The topological polar surface area (TPSA) is 66.8 Å². The van der Waals surface area contributed by atoms with E-state index in [0.29, 0.717) is 5.02 Å². The van der Waals surface area contributed by atoms with Crippen molar-refractivity contribution in [1.29, 1.82) is 0 Å². The van der Waals surface area contributed by atoms with Crippen LogP contribution in [0.3, 0.4) is 0 Å². The third-order valence-corrected chi connectivity index (χ3v) is 2.42. The van der Waals surface area contributed by atoms with Gasteiger partial charge in [0, 0.05) is 5.02 Å². The number of benzene rings is 1. The largest absolute Gasteiger partial charge is 0.464 e. The molecular formula is C11H13ClO4. The molecule has 0 radical (unpaired) electrons. The third-order valence-electron chi connectivity index (χ3n) is 2.16. The average molecular weight is 245 g/mol. The number of ether oxygens (including phenoxy) is 1. The lowest BCUT2D eigenvalue weighted by molar-refractivity contribution is -0.170. The van der Waals surface area contributed by atoms with Gasteiger partial charge in [-0.3, -0.25) is 0 Å². The Kier molecular flexibility index (Phi) is 4.29. The van der Waals surface area contributed by atoms with Gasteiger partial charge in [-0.2, -0.15) is 0 Å². The van der Waals surface area contributed by atoms with Gasteiger partial charge in [0.1, 0.15) is 0 Å². The van der Waals surface area contributed by atoms with Gasteiger partial charge >= 0.3 is 5.97 Å². The van der Waals surface area contributed by atoms with Crippen LogP contribution in [0.5, 0.6) is 0 Å². The molecule has 0 aliphatic carbocycles. The predicted octanol–water partition coefficient (Wildman–Crippen LogP) is 1.08. The molecule has 1 atom stereocenters. The van der Waals surface area contributed by atoms with Gasteiger partial charge in [0.15, 0.2) is 0 Å². The SMILES string of the molecule is CCOC(=O)C(O)(CO)c1ccc(Cl)cc1. The summed E-state index contributed by atoms with van der Waals surface area (Å²) >= 11 is 5.69. The van der Waals surface area contributed by atoms with Crippen LogP contribution in [-0.2, 0) is 15.1 Å². The predicted molar refractivity (Wildman–Crippen MR) is 59.1 cm³/mol. The van der Waals surface area contributed by atoms with E-state index in [-0.39, 0.29) is 12.2 Å². The zero-order valence-electron chi connectivity index (χ0n) is 8.81. The van der Waals surface area contributed by atoms with Gasteiger partial charge in [0.25, 0.3) is 0 Å². The molecule has 1 rings (SSSR count). The van der Waals surface area contributed by atoms with Gasteiger partial charge in [-0.05, 0) is 24.6 Å². The smallest absolute Gasteiger partial charge is 0.345 e. The quantitative estimate of drug-likeness (QED) is 0.778. The first-order valence-electron chi connectivity index (χ1n) is 4.81. The van der Waals surface area contributed by atoms with Gasteiger partial charge in [-0.25, -0.2) is 4.79 Å². The van der Waals surface area contributed by atoms with E-state index in [0.717, 1.165) is 0 Å². The number of esters is 1. The number of carbonyl (C=O) groups is 1. The Hall–Kier alpha value is -1.10. The lowest BCUT2D eigenvalue weighted by Crippen LogP contribution is -2.40. The van der Waals surface area contributed by atoms with Gasteiger partial charge in [-0.1, -0.05) is 23.7 Å². The molecule has 16 heavy (non-hydrogen) atoms. The highest BCUT2D eigenvalue weighted by molar-refractivity contribution is 6.30. The number of carbonyl (C=O) groups excluding carboxylic acids is 1. The first-order chi connectivity index (χ1) is 7.54. The fourth-order valence-electron chi connectivity index (χ4n) is 1.25. The van der Waals surface area contributed by atoms with Crippen LogP contribution in [0, 0.1) is 0 Å². The van der Waals surface area contributed by atoms with Crippen LogP contribution in [0.2, 0.25) is 5.02 Å². The minimum absolute atomic E-state index is 0.134. The maximum atomic E-state index is 11.5. The minimum atomic E-state index is -2.03. The standard InChI is InChI=1S/C11H13ClO4/c1-2-16-10(14)11(15,7-13)8-3-5-9(12)6-4-8/h3-6,13,15H,2,7H2,1H3. The van der Waals surface area contributed by atoms with Crippen molar-refractivity contribution in [2.75, 3.05) is 13.2 Å². The summed E-state index contributed by atoms with van der Waals surface area (Å²) in [5.74, 6) is -0.875. The molecule has 5 heteroatoms. The number of rotatable bonds is 4. The lowest BCUT2D eigenvalue weighted by Gasteiger charge is -2.23. The Balaban J connectivity index is 3.04. The maximum Gasteiger partial charge on any atom is 0.345 e. The van der Waals surface area contributed by atoms with E-state index in [1.165, 1.54) is 24.3 Å². The second-order valence-corrected chi connectivity index (χ2v) is 3.68. The molecule has 1 aromatic carbocycles. The first-order valence-corrected chi connectivity index (χ1v) is 5.19. The Morgan fingerprint density at radius 2 is 2.00 bits per heavy atom. The van der Waals surface area contributed by atoms with Crippen LogP contribution >= 0.6 is 11.6 Å². The summed E-state index contributed by atoms with van der Waals surface area (Å²) in [6.45, 7) is 1.01. The summed E-state index contributed by atoms with van der Waals surface area (Å²) in [5.41, 5.74) is -1.78. The molecule has 0 saturated carbocycles. The summed E-state index contributed by atoms with van der Waals surface area (Å²) in [5, 5.41) is 19.6. The molecule has 0 spiro atoms. The van der Waals surface area contributed by atoms with Gasteiger partial charge < -0.3 is 14.9 Å². The van der Waals surface area contributed by atoms with E-state index in [2.05, 4.69) is 0 Å². The molecule has 0 fully saturated rings. The van der Waals surface area contributed by atoms with Crippen LogP contribution < -0.4 is 0 Å². The molecule has 0 amide bonds. The Bertz CT molecular complexity index is 363.